The van der Waals surface area contributed by atoms with Crippen molar-refractivity contribution in [3.63, 3.8) is 0 Å². The molecule has 0 spiro atoms. The van der Waals surface area contributed by atoms with Crippen molar-refractivity contribution in [1.82, 2.24) is 0 Å². The first kappa shape index (κ1) is 11.8. The zero-order valence-corrected chi connectivity index (χ0v) is 9.71. The summed E-state index contributed by atoms with van der Waals surface area (Å²) in [6.07, 6.45) is 1.73. The molecule has 0 aliphatic carbocycles. The molecule has 0 heterocycles. The molecule has 0 amide bonds. The molecule has 88 valence electrons. The molecular weight excluding hydrogens is 218 g/mol. The van der Waals surface area contributed by atoms with Crippen LogP contribution in [0.15, 0.2) is 42.5 Å². The molecule has 0 aliphatic heterocycles. The number of rotatable bonds is 3. The SMILES string of the molecule is CCCc1cc(F)ccc1-c1cccc(F)c1. The molecule has 0 unspecified atom stereocenters. The normalized spacial score (nSPS) is 10.5. The van der Waals surface area contributed by atoms with Gasteiger partial charge in [-0.3, -0.25) is 0 Å². The Bertz CT molecular complexity index is 518. The van der Waals surface area contributed by atoms with E-state index in [1.54, 1.807) is 12.1 Å². The molecule has 0 bridgehead atoms. The van der Waals surface area contributed by atoms with Crippen molar-refractivity contribution in [1.29, 1.82) is 0 Å². The van der Waals surface area contributed by atoms with Crippen molar-refractivity contribution in [3.05, 3.63) is 59.7 Å². The number of halogens is 2. The molecule has 0 saturated heterocycles. The van der Waals surface area contributed by atoms with Gasteiger partial charge < -0.3 is 0 Å². The molecule has 0 fully saturated rings. The largest absolute Gasteiger partial charge is 0.207 e. The van der Waals surface area contributed by atoms with E-state index in [9.17, 15) is 8.78 Å². The van der Waals surface area contributed by atoms with Crippen LogP contribution in [0.4, 0.5) is 8.78 Å². The maximum Gasteiger partial charge on any atom is 0.123 e. The minimum absolute atomic E-state index is 0.242. The fraction of sp³-hybridized carbons (Fsp3) is 0.200. The first-order valence-corrected chi connectivity index (χ1v) is 5.75. The van der Waals surface area contributed by atoms with Gasteiger partial charge in [0.25, 0.3) is 0 Å². The zero-order chi connectivity index (χ0) is 12.3. The van der Waals surface area contributed by atoms with Crippen LogP contribution in [0.25, 0.3) is 11.1 Å². The fourth-order valence-electron chi connectivity index (χ4n) is 1.98. The second kappa shape index (κ2) is 5.09. The molecule has 0 atom stereocenters. The third-order valence-electron chi connectivity index (χ3n) is 2.72. The molecule has 2 aromatic carbocycles. The average molecular weight is 232 g/mol. The van der Waals surface area contributed by atoms with E-state index in [0.717, 1.165) is 29.5 Å². The van der Waals surface area contributed by atoms with Gasteiger partial charge in [0.15, 0.2) is 0 Å². The summed E-state index contributed by atoms with van der Waals surface area (Å²) in [5, 5.41) is 0. The van der Waals surface area contributed by atoms with E-state index in [-0.39, 0.29) is 11.6 Å². The number of aryl methyl sites for hydroxylation is 1. The monoisotopic (exact) mass is 232 g/mol. The molecule has 0 radical (unpaired) electrons. The molecule has 17 heavy (non-hydrogen) atoms. The van der Waals surface area contributed by atoms with E-state index in [1.165, 1.54) is 24.3 Å². The van der Waals surface area contributed by atoms with Crippen molar-refractivity contribution >= 4 is 0 Å². The topological polar surface area (TPSA) is 0 Å². The quantitative estimate of drug-likeness (QED) is 0.726. The Morgan fingerprint density at radius 2 is 1.71 bits per heavy atom. The molecular formula is C15H14F2. The van der Waals surface area contributed by atoms with Crippen LogP contribution in [0.1, 0.15) is 18.9 Å². The number of hydrogen-bond acceptors (Lipinski definition) is 0. The van der Waals surface area contributed by atoms with Crippen LogP contribution in [0.5, 0.6) is 0 Å². The summed E-state index contributed by atoms with van der Waals surface area (Å²) in [6, 6.07) is 11.1. The Hall–Kier alpha value is -1.70. The third-order valence-corrected chi connectivity index (χ3v) is 2.72. The average Bonchev–Trinajstić information content (AvgIpc) is 2.29. The summed E-state index contributed by atoms with van der Waals surface area (Å²) >= 11 is 0. The van der Waals surface area contributed by atoms with Crippen molar-refractivity contribution in [3.8, 4) is 11.1 Å². The van der Waals surface area contributed by atoms with Gasteiger partial charge in [-0.25, -0.2) is 8.78 Å². The lowest BCUT2D eigenvalue weighted by Crippen LogP contribution is -1.91. The summed E-state index contributed by atoms with van der Waals surface area (Å²) in [5.74, 6) is -0.511. The molecule has 0 saturated carbocycles. The lowest BCUT2D eigenvalue weighted by Gasteiger charge is -2.09. The van der Waals surface area contributed by atoms with E-state index < -0.39 is 0 Å². The van der Waals surface area contributed by atoms with Crippen LogP contribution in [0, 0.1) is 11.6 Å². The van der Waals surface area contributed by atoms with Gasteiger partial charge >= 0.3 is 0 Å². The third kappa shape index (κ3) is 2.70. The van der Waals surface area contributed by atoms with E-state index in [2.05, 4.69) is 0 Å². The van der Waals surface area contributed by atoms with Crippen molar-refractivity contribution in [2.45, 2.75) is 19.8 Å². The van der Waals surface area contributed by atoms with Gasteiger partial charge in [-0.15, -0.1) is 0 Å². The molecule has 0 aliphatic rings. The molecule has 0 N–H and O–H groups in total. The fourth-order valence-corrected chi connectivity index (χ4v) is 1.98. The van der Waals surface area contributed by atoms with Crippen molar-refractivity contribution in [2.24, 2.45) is 0 Å². The van der Waals surface area contributed by atoms with E-state index in [4.69, 9.17) is 0 Å². The highest BCUT2D eigenvalue weighted by atomic mass is 19.1. The highest BCUT2D eigenvalue weighted by Crippen LogP contribution is 2.26. The van der Waals surface area contributed by atoms with E-state index in [1.807, 2.05) is 13.0 Å². The predicted molar refractivity (Wildman–Crippen MR) is 65.8 cm³/mol. The summed E-state index contributed by atoms with van der Waals surface area (Å²) in [5.41, 5.74) is 2.64. The van der Waals surface area contributed by atoms with Gasteiger partial charge in [0.1, 0.15) is 11.6 Å². The minimum Gasteiger partial charge on any atom is -0.207 e. The summed E-state index contributed by atoms with van der Waals surface area (Å²) in [7, 11) is 0. The standard InChI is InChI=1S/C15H14F2/c1-2-4-11-9-14(17)7-8-15(11)12-5-3-6-13(16)10-12/h3,5-10H,2,4H2,1H3. The van der Waals surface area contributed by atoms with Gasteiger partial charge in [0.2, 0.25) is 0 Å². The summed E-state index contributed by atoms with van der Waals surface area (Å²) in [4.78, 5) is 0. The summed E-state index contributed by atoms with van der Waals surface area (Å²) < 4.78 is 26.4. The van der Waals surface area contributed by atoms with Gasteiger partial charge in [0, 0.05) is 0 Å². The predicted octanol–water partition coefficient (Wildman–Crippen LogP) is 4.58. The lowest BCUT2D eigenvalue weighted by molar-refractivity contribution is 0.625. The second-order valence-corrected chi connectivity index (χ2v) is 4.06. The highest BCUT2D eigenvalue weighted by molar-refractivity contribution is 5.67. The van der Waals surface area contributed by atoms with Crippen LogP contribution in [0.3, 0.4) is 0 Å². The van der Waals surface area contributed by atoms with Crippen LogP contribution in [-0.4, -0.2) is 0 Å². The molecule has 2 heteroatoms. The number of benzene rings is 2. The van der Waals surface area contributed by atoms with Crippen LogP contribution < -0.4 is 0 Å². The van der Waals surface area contributed by atoms with Crippen LogP contribution in [-0.2, 0) is 6.42 Å². The Labute approximate surface area is 99.9 Å². The smallest absolute Gasteiger partial charge is 0.123 e. The zero-order valence-electron chi connectivity index (χ0n) is 9.71. The molecule has 2 rings (SSSR count). The lowest BCUT2D eigenvalue weighted by atomic mass is 9.97. The van der Waals surface area contributed by atoms with Crippen molar-refractivity contribution in [2.75, 3.05) is 0 Å². The molecule has 0 aromatic heterocycles. The van der Waals surface area contributed by atoms with E-state index >= 15 is 0 Å². The van der Waals surface area contributed by atoms with Crippen molar-refractivity contribution < 1.29 is 8.78 Å². The molecule has 2 aromatic rings. The Balaban J connectivity index is 2.50. The first-order valence-electron chi connectivity index (χ1n) is 5.75. The number of hydrogen-bond donors (Lipinski definition) is 0. The minimum atomic E-state index is -0.269. The van der Waals surface area contributed by atoms with Gasteiger partial charge in [0.05, 0.1) is 0 Å². The molecule has 0 nitrogen and oxygen atoms in total. The maximum absolute atomic E-state index is 13.2. The van der Waals surface area contributed by atoms with Crippen LogP contribution in [0.2, 0.25) is 0 Å². The first-order chi connectivity index (χ1) is 8.20. The Kier molecular flexibility index (Phi) is 3.52. The Morgan fingerprint density at radius 3 is 2.41 bits per heavy atom. The van der Waals surface area contributed by atoms with Gasteiger partial charge in [-0.2, -0.15) is 0 Å². The van der Waals surface area contributed by atoms with Gasteiger partial charge in [-0.05, 0) is 47.4 Å². The maximum atomic E-state index is 13.2. The van der Waals surface area contributed by atoms with Crippen LogP contribution >= 0.6 is 0 Å². The van der Waals surface area contributed by atoms with Gasteiger partial charge in [-0.1, -0.05) is 31.5 Å². The van der Waals surface area contributed by atoms with E-state index in [0.29, 0.717) is 0 Å². The Morgan fingerprint density at radius 1 is 0.941 bits per heavy atom. The summed E-state index contributed by atoms with van der Waals surface area (Å²) in [6.45, 7) is 2.04. The second-order valence-electron chi connectivity index (χ2n) is 4.06. The highest BCUT2D eigenvalue weighted by Gasteiger charge is 2.06.